The highest BCUT2D eigenvalue weighted by molar-refractivity contribution is 7.92. The maximum atomic E-state index is 14.5. The van der Waals surface area contributed by atoms with E-state index >= 15 is 0 Å². The fourth-order valence-corrected chi connectivity index (χ4v) is 5.43. The number of carbonyl (C=O) groups excluding carboxylic acids is 2. The minimum atomic E-state index is -3.97. The maximum absolute atomic E-state index is 14.5. The summed E-state index contributed by atoms with van der Waals surface area (Å²) < 4.78 is 46.2. The van der Waals surface area contributed by atoms with Gasteiger partial charge in [-0.25, -0.2) is 12.8 Å². The van der Waals surface area contributed by atoms with Gasteiger partial charge in [0.05, 0.1) is 19.1 Å². The van der Waals surface area contributed by atoms with Crippen molar-refractivity contribution in [2.75, 3.05) is 24.2 Å². The predicted molar refractivity (Wildman–Crippen MR) is 142 cm³/mol. The van der Waals surface area contributed by atoms with Crippen LogP contribution in [-0.2, 0) is 26.2 Å². The van der Waals surface area contributed by atoms with Crippen LogP contribution in [0.4, 0.5) is 10.1 Å². The van der Waals surface area contributed by atoms with Crippen LogP contribution in [0.2, 0.25) is 5.02 Å². The molecule has 1 N–H and O–H groups in total. The first kappa shape index (κ1) is 28.7. The lowest BCUT2D eigenvalue weighted by Crippen LogP contribution is -2.53. The molecule has 37 heavy (non-hydrogen) atoms. The van der Waals surface area contributed by atoms with Crippen LogP contribution in [0.5, 0.6) is 5.75 Å². The largest absolute Gasteiger partial charge is 0.495 e. The minimum Gasteiger partial charge on any atom is -0.495 e. The smallest absolute Gasteiger partial charge is 0.244 e. The molecule has 1 aliphatic carbocycles. The normalized spacial score (nSPS) is 15.1. The zero-order chi connectivity index (χ0) is 27.2. The van der Waals surface area contributed by atoms with Crippen LogP contribution in [0.3, 0.4) is 0 Å². The van der Waals surface area contributed by atoms with Crippen molar-refractivity contribution in [3.05, 3.63) is 58.9 Å². The van der Waals surface area contributed by atoms with Gasteiger partial charge in [0.25, 0.3) is 0 Å². The van der Waals surface area contributed by atoms with Crippen molar-refractivity contribution < 1.29 is 27.1 Å². The third-order valence-corrected chi connectivity index (χ3v) is 7.87. The first-order valence-electron chi connectivity index (χ1n) is 12.2. The summed E-state index contributed by atoms with van der Waals surface area (Å²) in [5.41, 5.74) is 0.287. The summed E-state index contributed by atoms with van der Waals surface area (Å²) >= 11 is 6.11. The summed E-state index contributed by atoms with van der Waals surface area (Å²) in [5, 5.41) is 3.25. The summed E-state index contributed by atoms with van der Waals surface area (Å²) in [4.78, 5) is 28.0. The van der Waals surface area contributed by atoms with Gasteiger partial charge in [0.1, 0.15) is 24.2 Å². The van der Waals surface area contributed by atoms with Crippen LogP contribution in [-0.4, -0.2) is 57.1 Å². The average Bonchev–Trinajstić information content (AvgIpc) is 2.86. The Balaban J connectivity index is 1.93. The summed E-state index contributed by atoms with van der Waals surface area (Å²) in [6.45, 7) is 0.710. The quantitative estimate of drug-likeness (QED) is 0.477. The van der Waals surface area contributed by atoms with Crippen LogP contribution in [0, 0.1) is 5.82 Å². The van der Waals surface area contributed by atoms with E-state index in [1.807, 2.05) is 0 Å². The van der Waals surface area contributed by atoms with Gasteiger partial charge in [-0.2, -0.15) is 0 Å². The van der Waals surface area contributed by atoms with Crippen molar-refractivity contribution in [1.82, 2.24) is 10.2 Å². The molecular weight excluding hydrogens is 521 g/mol. The van der Waals surface area contributed by atoms with E-state index in [0.29, 0.717) is 0 Å². The lowest BCUT2D eigenvalue weighted by atomic mass is 9.95. The Hall–Kier alpha value is -2.85. The highest BCUT2D eigenvalue weighted by Crippen LogP contribution is 2.33. The lowest BCUT2D eigenvalue weighted by Gasteiger charge is -2.33. The lowest BCUT2D eigenvalue weighted by molar-refractivity contribution is -0.139. The standard InChI is InChI=1S/C26H33ClFN3O5S/c1-18(26(33)29-21-10-5-4-6-11-21)30(16-19-9-7-8-12-22(19)28)25(32)17-31(37(3,34)35)23-15-20(27)13-14-24(23)36-2/h7-9,12-15,18,21H,4-6,10-11,16-17H2,1-3H3,(H,29,33)/t18-/m0/s1. The molecule has 3 rings (SSSR count). The number of ether oxygens (including phenoxy) is 1. The molecule has 2 aromatic rings. The van der Waals surface area contributed by atoms with E-state index in [2.05, 4.69) is 5.32 Å². The number of nitrogens with one attached hydrogen (secondary N) is 1. The molecule has 0 aliphatic heterocycles. The van der Waals surface area contributed by atoms with Crippen LogP contribution >= 0.6 is 11.6 Å². The second-order valence-electron chi connectivity index (χ2n) is 9.22. The molecule has 0 unspecified atom stereocenters. The zero-order valence-electron chi connectivity index (χ0n) is 21.2. The van der Waals surface area contributed by atoms with Crippen molar-refractivity contribution in [3.63, 3.8) is 0 Å². The Morgan fingerprint density at radius 2 is 1.84 bits per heavy atom. The van der Waals surface area contributed by atoms with Crippen molar-refractivity contribution in [2.45, 2.75) is 57.7 Å². The topological polar surface area (TPSA) is 96.0 Å². The van der Waals surface area contributed by atoms with Gasteiger partial charge in [0.2, 0.25) is 21.8 Å². The van der Waals surface area contributed by atoms with E-state index in [1.54, 1.807) is 13.0 Å². The molecule has 8 nitrogen and oxygen atoms in total. The average molecular weight is 554 g/mol. The van der Waals surface area contributed by atoms with Gasteiger partial charge in [-0.3, -0.25) is 13.9 Å². The van der Waals surface area contributed by atoms with Gasteiger partial charge in [0.15, 0.2) is 0 Å². The molecule has 1 atom stereocenters. The number of methoxy groups -OCH3 is 1. The van der Waals surface area contributed by atoms with E-state index in [1.165, 1.54) is 48.4 Å². The van der Waals surface area contributed by atoms with E-state index in [0.717, 1.165) is 42.7 Å². The van der Waals surface area contributed by atoms with E-state index in [-0.39, 0.29) is 40.5 Å². The highest BCUT2D eigenvalue weighted by atomic mass is 35.5. The molecule has 202 valence electrons. The molecule has 2 amide bonds. The molecular formula is C26H33ClFN3O5S. The maximum Gasteiger partial charge on any atom is 0.244 e. The Bertz CT molecular complexity index is 1220. The van der Waals surface area contributed by atoms with Crippen LogP contribution in [0.15, 0.2) is 42.5 Å². The third kappa shape index (κ3) is 7.58. The first-order valence-corrected chi connectivity index (χ1v) is 14.4. The molecule has 1 fully saturated rings. The summed E-state index contributed by atoms with van der Waals surface area (Å²) in [7, 11) is -2.60. The number of anilines is 1. The van der Waals surface area contributed by atoms with E-state index in [4.69, 9.17) is 16.3 Å². The van der Waals surface area contributed by atoms with Crippen LogP contribution in [0.25, 0.3) is 0 Å². The number of nitrogens with zero attached hydrogens (tertiary/aromatic N) is 2. The van der Waals surface area contributed by atoms with Gasteiger partial charge >= 0.3 is 0 Å². The van der Waals surface area contributed by atoms with Crippen molar-refractivity contribution >= 4 is 39.1 Å². The molecule has 0 aromatic heterocycles. The van der Waals surface area contributed by atoms with Gasteiger partial charge < -0.3 is 15.0 Å². The van der Waals surface area contributed by atoms with Crippen LogP contribution < -0.4 is 14.4 Å². The number of hydrogen-bond acceptors (Lipinski definition) is 5. The van der Waals surface area contributed by atoms with Gasteiger partial charge in [0, 0.05) is 23.2 Å². The monoisotopic (exact) mass is 553 g/mol. The fraction of sp³-hybridized carbons (Fsp3) is 0.462. The molecule has 0 bridgehead atoms. The molecule has 0 saturated heterocycles. The Morgan fingerprint density at radius 1 is 1.16 bits per heavy atom. The summed E-state index contributed by atoms with van der Waals surface area (Å²) in [5.74, 6) is -1.38. The number of amides is 2. The minimum absolute atomic E-state index is 0.0114. The summed E-state index contributed by atoms with van der Waals surface area (Å²) in [6.07, 6.45) is 5.82. The first-order chi connectivity index (χ1) is 17.5. The summed E-state index contributed by atoms with van der Waals surface area (Å²) in [6, 6.07) is 9.41. The number of benzene rings is 2. The highest BCUT2D eigenvalue weighted by Gasteiger charge is 2.32. The number of carbonyl (C=O) groups is 2. The van der Waals surface area contributed by atoms with Gasteiger partial charge in [-0.05, 0) is 44.0 Å². The van der Waals surface area contributed by atoms with Crippen molar-refractivity contribution in [2.24, 2.45) is 0 Å². The van der Waals surface area contributed by atoms with E-state index < -0.39 is 34.3 Å². The molecule has 0 spiro atoms. The fourth-order valence-electron chi connectivity index (χ4n) is 4.41. The molecule has 2 aromatic carbocycles. The Kier molecular flexibility index (Phi) is 9.78. The second-order valence-corrected chi connectivity index (χ2v) is 11.6. The molecule has 11 heteroatoms. The molecule has 0 heterocycles. The van der Waals surface area contributed by atoms with Crippen molar-refractivity contribution in [3.8, 4) is 5.75 Å². The third-order valence-electron chi connectivity index (χ3n) is 6.51. The van der Waals surface area contributed by atoms with E-state index in [9.17, 15) is 22.4 Å². The predicted octanol–water partition coefficient (Wildman–Crippen LogP) is 4.12. The zero-order valence-corrected chi connectivity index (χ0v) is 22.8. The molecule has 1 aliphatic rings. The number of rotatable bonds is 10. The second kappa shape index (κ2) is 12.6. The van der Waals surface area contributed by atoms with Crippen LogP contribution in [0.1, 0.15) is 44.6 Å². The Morgan fingerprint density at radius 3 is 2.46 bits per heavy atom. The molecule has 0 radical (unpaired) electrons. The van der Waals surface area contributed by atoms with Crippen molar-refractivity contribution in [1.29, 1.82) is 0 Å². The van der Waals surface area contributed by atoms with Gasteiger partial charge in [-0.1, -0.05) is 49.1 Å². The van der Waals surface area contributed by atoms with Gasteiger partial charge in [-0.15, -0.1) is 0 Å². The number of hydrogen-bond donors (Lipinski definition) is 1. The number of halogens is 2. The SMILES string of the molecule is COc1ccc(Cl)cc1N(CC(=O)N(Cc1ccccc1F)[C@@H](C)C(=O)NC1CCCCC1)S(C)(=O)=O. The molecule has 1 saturated carbocycles. The number of sulfonamides is 1. The Labute approximate surface area is 222 Å².